The van der Waals surface area contributed by atoms with Gasteiger partial charge in [0.25, 0.3) is 0 Å². The van der Waals surface area contributed by atoms with Gasteiger partial charge in [0.15, 0.2) is 0 Å². The van der Waals surface area contributed by atoms with Gasteiger partial charge in [-0.2, -0.15) is 0 Å². The minimum absolute atomic E-state index is 0.246. The predicted octanol–water partition coefficient (Wildman–Crippen LogP) is 5.30. The summed E-state index contributed by atoms with van der Waals surface area (Å²) in [6.07, 6.45) is 0. The molecule has 0 fully saturated rings. The molecule has 3 aromatic heterocycles. The molecular weight excluding hydrogens is 330 g/mol. The van der Waals surface area contributed by atoms with Crippen LogP contribution in [0.2, 0.25) is 0 Å². The summed E-state index contributed by atoms with van der Waals surface area (Å²) in [7, 11) is 0. The van der Waals surface area contributed by atoms with Crippen LogP contribution in [0, 0.1) is 0 Å². The van der Waals surface area contributed by atoms with Gasteiger partial charge in [-0.25, -0.2) is 9.97 Å². The second-order valence-electron chi connectivity index (χ2n) is 5.49. The number of nitrogens with zero attached hydrogens (tertiary/aromatic N) is 2. The van der Waals surface area contributed by atoms with Crippen molar-refractivity contribution in [1.29, 1.82) is 0 Å². The van der Waals surface area contributed by atoms with Crippen molar-refractivity contribution in [1.82, 2.24) is 15.3 Å². The lowest BCUT2D eigenvalue weighted by atomic mass is 10.2. The summed E-state index contributed by atoms with van der Waals surface area (Å²) < 4.78 is 0. The van der Waals surface area contributed by atoms with Crippen molar-refractivity contribution in [3.05, 3.63) is 44.7 Å². The number of aromatic nitrogens is 2. The molecule has 22 heavy (non-hydrogen) atoms. The molecule has 0 aliphatic heterocycles. The van der Waals surface area contributed by atoms with E-state index < -0.39 is 0 Å². The van der Waals surface area contributed by atoms with Crippen LogP contribution in [0.25, 0.3) is 9.88 Å². The maximum Gasteiger partial charge on any atom is 0.133 e. The largest absolute Gasteiger partial charge is 0.303 e. The Morgan fingerprint density at radius 3 is 2.64 bits per heavy atom. The molecule has 0 unspecified atom stereocenters. The molecule has 0 saturated carbocycles. The molecule has 3 rings (SSSR count). The summed E-state index contributed by atoms with van der Waals surface area (Å²) in [5, 5.41) is 12.2. The van der Waals surface area contributed by atoms with E-state index in [0.717, 1.165) is 22.9 Å². The highest BCUT2D eigenvalue weighted by molar-refractivity contribution is 7.20. The Morgan fingerprint density at radius 1 is 1.09 bits per heavy atom. The maximum atomic E-state index is 4.71. The van der Waals surface area contributed by atoms with E-state index in [1.54, 1.807) is 34.0 Å². The van der Waals surface area contributed by atoms with Crippen molar-refractivity contribution in [2.75, 3.05) is 0 Å². The Balaban J connectivity index is 1.60. The fourth-order valence-electron chi connectivity index (χ4n) is 2.03. The average molecular weight is 350 g/mol. The summed E-state index contributed by atoms with van der Waals surface area (Å²) in [6.45, 7) is 7.30. The van der Waals surface area contributed by atoms with Gasteiger partial charge in [-0.1, -0.05) is 19.9 Å². The van der Waals surface area contributed by atoms with Gasteiger partial charge in [0.1, 0.15) is 5.01 Å². The molecule has 1 atom stereocenters. The van der Waals surface area contributed by atoms with Gasteiger partial charge in [-0.3, -0.25) is 0 Å². The molecule has 3 nitrogen and oxygen atoms in total. The number of nitrogens with one attached hydrogen (secondary N) is 1. The van der Waals surface area contributed by atoms with Crippen molar-refractivity contribution in [2.45, 2.75) is 39.3 Å². The highest BCUT2D eigenvalue weighted by atomic mass is 32.1. The van der Waals surface area contributed by atoms with E-state index in [9.17, 15) is 0 Å². The Labute approximate surface area is 143 Å². The molecule has 0 bridgehead atoms. The molecule has 6 heteroatoms. The summed E-state index contributed by atoms with van der Waals surface area (Å²) >= 11 is 5.19. The number of rotatable bonds is 6. The Hall–Kier alpha value is -1.08. The highest BCUT2D eigenvalue weighted by Gasteiger charge is 2.12. The van der Waals surface area contributed by atoms with Gasteiger partial charge >= 0.3 is 0 Å². The van der Waals surface area contributed by atoms with E-state index in [2.05, 4.69) is 54.4 Å². The van der Waals surface area contributed by atoms with Gasteiger partial charge in [0.05, 0.1) is 21.3 Å². The Kier molecular flexibility index (Phi) is 5.03. The molecular formula is C16H19N3S3. The van der Waals surface area contributed by atoms with Gasteiger partial charge in [0, 0.05) is 29.3 Å². The van der Waals surface area contributed by atoms with E-state index in [1.807, 2.05) is 0 Å². The molecule has 0 aliphatic rings. The van der Waals surface area contributed by atoms with Crippen LogP contribution in [0.1, 0.15) is 49.1 Å². The number of hydrogen-bond donors (Lipinski definition) is 1. The SMILES string of the molecule is CC(C)c1nc([C@H](C)NCc2csc(-c3cccs3)n2)cs1. The van der Waals surface area contributed by atoms with Crippen LogP contribution in [0.3, 0.4) is 0 Å². The van der Waals surface area contributed by atoms with Crippen molar-refractivity contribution in [2.24, 2.45) is 0 Å². The van der Waals surface area contributed by atoms with Crippen molar-refractivity contribution in [3.8, 4) is 9.88 Å². The van der Waals surface area contributed by atoms with Gasteiger partial charge in [-0.05, 0) is 18.4 Å². The molecule has 0 spiro atoms. The summed E-state index contributed by atoms with van der Waals surface area (Å²) in [5.41, 5.74) is 2.22. The van der Waals surface area contributed by atoms with E-state index in [0.29, 0.717) is 5.92 Å². The summed E-state index contributed by atoms with van der Waals surface area (Å²) in [6, 6.07) is 4.43. The zero-order valence-corrected chi connectivity index (χ0v) is 15.3. The topological polar surface area (TPSA) is 37.8 Å². The van der Waals surface area contributed by atoms with Crippen LogP contribution in [-0.2, 0) is 6.54 Å². The van der Waals surface area contributed by atoms with Crippen molar-refractivity contribution >= 4 is 34.0 Å². The van der Waals surface area contributed by atoms with E-state index in [4.69, 9.17) is 9.97 Å². The van der Waals surface area contributed by atoms with Crippen LogP contribution >= 0.6 is 34.0 Å². The van der Waals surface area contributed by atoms with E-state index in [-0.39, 0.29) is 6.04 Å². The first-order valence-electron chi connectivity index (χ1n) is 7.30. The third-order valence-electron chi connectivity index (χ3n) is 3.35. The molecule has 3 aromatic rings. The van der Waals surface area contributed by atoms with Crippen molar-refractivity contribution < 1.29 is 0 Å². The molecule has 0 saturated heterocycles. The van der Waals surface area contributed by atoms with Gasteiger partial charge in [0.2, 0.25) is 0 Å². The van der Waals surface area contributed by atoms with Gasteiger partial charge < -0.3 is 5.32 Å². The predicted molar refractivity (Wildman–Crippen MR) is 96.9 cm³/mol. The van der Waals surface area contributed by atoms with Gasteiger partial charge in [-0.15, -0.1) is 34.0 Å². The van der Waals surface area contributed by atoms with E-state index >= 15 is 0 Å². The monoisotopic (exact) mass is 349 g/mol. The quantitative estimate of drug-likeness (QED) is 0.656. The minimum atomic E-state index is 0.246. The summed E-state index contributed by atoms with van der Waals surface area (Å²) in [5.74, 6) is 0.498. The molecule has 3 heterocycles. The first-order chi connectivity index (χ1) is 10.6. The molecule has 0 aromatic carbocycles. The molecule has 116 valence electrons. The third-order valence-corrected chi connectivity index (χ3v) is 6.44. The lowest BCUT2D eigenvalue weighted by molar-refractivity contribution is 0.557. The normalized spacial score (nSPS) is 12.9. The zero-order chi connectivity index (χ0) is 15.5. The van der Waals surface area contributed by atoms with Crippen molar-refractivity contribution in [3.63, 3.8) is 0 Å². The smallest absolute Gasteiger partial charge is 0.133 e. The van der Waals surface area contributed by atoms with Crippen LogP contribution < -0.4 is 5.32 Å². The summed E-state index contributed by atoms with van der Waals surface area (Å²) in [4.78, 5) is 10.6. The average Bonchev–Trinajstić information content (AvgIpc) is 3.23. The number of thiazole rings is 2. The standard InChI is InChI=1S/C16H19N3S3/c1-10(2)15-19-13(9-22-15)11(3)17-7-12-8-21-16(18-12)14-5-4-6-20-14/h4-6,8-11,17H,7H2,1-3H3/t11-/m0/s1. The fourth-order valence-corrected chi connectivity index (χ4v) is 4.59. The number of thiophene rings is 1. The first kappa shape index (κ1) is 15.8. The lowest BCUT2D eigenvalue weighted by Crippen LogP contribution is -2.18. The minimum Gasteiger partial charge on any atom is -0.303 e. The lowest BCUT2D eigenvalue weighted by Gasteiger charge is -2.10. The van der Waals surface area contributed by atoms with Crippen LogP contribution in [0.15, 0.2) is 28.3 Å². The first-order valence-corrected chi connectivity index (χ1v) is 9.94. The zero-order valence-electron chi connectivity index (χ0n) is 12.9. The third kappa shape index (κ3) is 3.63. The van der Waals surface area contributed by atoms with E-state index in [1.165, 1.54) is 9.88 Å². The molecule has 0 radical (unpaired) electrons. The second-order valence-corrected chi connectivity index (χ2v) is 8.18. The Morgan fingerprint density at radius 2 is 1.95 bits per heavy atom. The van der Waals surface area contributed by atoms with Crippen LogP contribution in [-0.4, -0.2) is 9.97 Å². The molecule has 1 N–H and O–H groups in total. The second kappa shape index (κ2) is 7.00. The number of hydrogen-bond acceptors (Lipinski definition) is 6. The fraction of sp³-hybridized carbons (Fsp3) is 0.375. The molecule has 0 aliphatic carbocycles. The molecule has 0 amide bonds. The van der Waals surface area contributed by atoms with Crippen LogP contribution in [0.5, 0.6) is 0 Å². The van der Waals surface area contributed by atoms with Crippen LogP contribution in [0.4, 0.5) is 0 Å². The highest BCUT2D eigenvalue weighted by Crippen LogP contribution is 2.28. The maximum absolute atomic E-state index is 4.71. The Bertz CT molecular complexity index is 713.